The third-order valence-electron chi connectivity index (χ3n) is 5.06. The molecular weight excluding hydrogens is 390 g/mol. The molecule has 2 heterocycles. The fraction of sp³-hybridized carbons (Fsp3) is 0.160. The summed E-state index contributed by atoms with van der Waals surface area (Å²) in [4.78, 5) is 16.9. The molecule has 4 aromatic rings. The number of carbonyl (C=O) groups is 1. The molecule has 6 heteroatoms. The molecule has 0 bridgehead atoms. The van der Waals surface area contributed by atoms with E-state index in [-0.39, 0.29) is 12.5 Å². The van der Waals surface area contributed by atoms with Crippen molar-refractivity contribution in [3.05, 3.63) is 78.2 Å². The molecule has 0 amide bonds. The van der Waals surface area contributed by atoms with E-state index in [1.807, 2.05) is 54.6 Å². The first kappa shape index (κ1) is 20.5. The second-order valence-corrected chi connectivity index (χ2v) is 6.98. The van der Waals surface area contributed by atoms with Gasteiger partial charge in [-0.1, -0.05) is 36.4 Å². The molecule has 0 N–H and O–H groups in total. The van der Waals surface area contributed by atoms with Crippen molar-refractivity contribution < 1.29 is 14.3 Å². The van der Waals surface area contributed by atoms with E-state index in [1.54, 1.807) is 30.3 Å². The minimum atomic E-state index is -0.202. The first-order chi connectivity index (χ1) is 15.2. The van der Waals surface area contributed by atoms with E-state index in [0.717, 1.165) is 27.2 Å². The van der Waals surface area contributed by atoms with Crippen molar-refractivity contribution in [3.8, 4) is 6.07 Å². The number of carbonyl (C=O) groups excluding carboxylic acids is 1. The number of benzene rings is 2. The highest BCUT2D eigenvalue weighted by Crippen LogP contribution is 2.30. The first-order valence-electron chi connectivity index (χ1n) is 9.88. The molecule has 4 rings (SSSR count). The lowest BCUT2D eigenvalue weighted by atomic mass is 10.00. The monoisotopic (exact) mass is 411 g/mol. The number of methoxy groups -OCH3 is 1. The SMILES string of the molecule is COCCOCC(=O)n1cc(/C(C#N)=C/c2cccc3cnccc23)c2ccccc21. The first-order valence-corrected chi connectivity index (χ1v) is 9.88. The van der Waals surface area contributed by atoms with E-state index in [2.05, 4.69) is 11.1 Å². The predicted molar refractivity (Wildman–Crippen MR) is 120 cm³/mol. The van der Waals surface area contributed by atoms with E-state index in [4.69, 9.17) is 9.47 Å². The largest absolute Gasteiger partial charge is 0.382 e. The zero-order valence-electron chi connectivity index (χ0n) is 17.1. The fourth-order valence-electron chi connectivity index (χ4n) is 3.57. The van der Waals surface area contributed by atoms with Gasteiger partial charge in [-0.05, 0) is 29.2 Å². The molecule has 0 radical (unpaired) electrons. The molecule has 154 valence electrons. The zero-order valence-corrected chi connectivity index (χ0v) is 17.1. The van der Waals surface area contributed by atoms with Crippen LogP contribution in [-0.2, 0) is 9.47 Å². The molecule has 0 spiro atoms. The molecule has 0 aliphatic heterocycles. The van der Waals surface area contributed by atoms with Crippen molar-refractivity contribution in [3.63, 3.8) is 0 Å². The van der Waals surface area contributed by atoms with E-state index in [9.17, 15) is 10.1 Å². The molecule has 31 heavy (non-hydrogen) atoms. The second kappa shape index (κ2) is 9.35. The number of para-hydroxylation sites is 1. The summed E-state index contributed by atoms with van der Waals surface area (Å²) in [5, 5.41) is 12.8. The van der Waals surface area contributed by atoms with Gasteiger partial charge in [-0.25, -0.2) is 0 Å². The maximum Gasteiger partial charge on any atom is 0.257 e. The molecular formula is C25H21N3O3. The van der Waals surface area contributed by atoms with E-state index >= 15 is 0 Å². The molecule has 0 atom stereocenters. The number of nitriles is 1. The van der Waals surface area contributed by atoms with E-state index in [0.29, 0.717) is 24.4 Å². The Hall–Kier alpha value is -3.79. The van der Waals surface area contributed by atoms with Gasteiger partial charge in [-0.15, -0.1) is 0 Å². The number of hydrogen-bond acceptors (Lipinski definition) is 5. The topological polar surface area (TPSA) is 77.1 Å². The smallest absolute Gasteiger partial charge is 0.257 e. The lowest BCUT2D eigenvalue weighted by molar-refractivity contribution is 0.0519. The summed E-state index contributed by atoms with van der Waals surface area (Å²) in [6.07, 6.45) is 7.11. The van der Waals surface area contributed by atoms with Gasteiger partial charge in [0.05, 0.1) is 30.4 Å². The van der Waals surface area contributed by atoms with Crippen molar-refractivity contribution in [2.45, 2.75) is 0 Å². The van der Waals surface area contributed by atoms with Gasteiger partial charge >= 0.3 is 0 Å². The molecule has 2 aromatic heterocycles. The van der Waals surface area contributed by atoms with Crippen molar-refractivity contribution in [1.29, 1.82) is 5.26 Å². The van der Waals surface area contributed by atoms with Crippen LogP contribution in [-0.4, -0.2) is 42.4 Å². The number of ether oxygens (including phenoxy) is 2. The van der Waals surface area contributed by atoms with Crippen LogP contribution in [0.5, 0.6) is 0 Å². The van der Waals surface area contributed by atoms with Crippen LogP contribution in [0.2, 0.25) is 0 Å². The van der Waals surface area contributed by atoms with Gasteiger partial charge < -0.3 is 9.47 Å². The minimum absolute atomic E-state index is 0.0661. The molecule has 0 fully saturated rings. The highest BCUT2D eigenvalue weighted by atomic mass is 16.5. The number of fused-ring (bicyclic) bond motifs is 2. The van der Waals surface area contributed by atoms with Crippen LogP contribution < -0.4 is 0 Å². The second-order valence-electron chi connectivity index (χ2n) is 6.98. The number of pyridine rings is 1. The Balaban J connectivity index is 1.77. The maximum absolute atomic E-state index is 12.8. The molecule has 0 aliphatic rings. The highest BCUT2D eigenvalue weighted by molar-refractivity contribution is 6.06. The van der Waals surface area contributed by atoms with Gasteiger partial charge in [0.1, 0.15) is 6.61 Å². The van der Waals surface area contributed by atoms with Crippen LogP contribution in [0, 0.1) is 11.3 Å². The minimum Gasteiger partial charge on any atom is -0.382 e. The van der Waals surface area contributed by atoms with Crippen molar-refractivity contribution >= 4 is 39.2 Å². The van der Waals surface area contributed by atoms with Crippen LogP contribution >= 0.6 is 0 Å². The summed E-state index contributed by atoms with van der Waals surface area (Å²) >= 11 is 0. The van der Waals surface area contributed by atoms with Crippen LogP contribution in [0.4, 0.5) is 0 Å². The quantitative estimate of drug-likeness (QED) is 0.329. The van der Waals surface area contributed by atoms with Crippen LogP contribution in [0.25, 0.3) is 33.3 Å². The molecule has 0 unspecified atom stereocenters. The number of hydrogen-bond donors (Lipinski definition) is 0. The van der Waals surface area contributed by atoms with Gasteiger partial charge in [0.2, 0.25) is 0 Å². The Morgan fingerprint density at radius 1 is 1.13 bits per heavy atom. The highest BCUT2D eigenvalue weighted by Gasteiger charge is 2.16. The van der Waals surface area contributed by atoms with Gasteiger partial charge in [-0.3, -0.25) is 14.3 Å². The Morgan fingerprint density at radius 2 is 2.00 bits per heavy atom. The summed E-state index contributed by atoms with van der Waals surface area (Å²) in [6, 6.07) is 17.7. The third-order valence-corrected chi connectivity index (χ3v) is 5.06. The Bertz CT molecular complexity index is 1310. The zero-order chi connectivity index (χ0) is 21.6. The fourth-order valence-corrected chi connectivity index (χ4v) is 3.57. The van der Waals surface area contributed by atoms with Gasteiger partial charge in [0.15, 0.2) is 0 Å². The summed E-state index contributed by atoms with van der Waals surface area (Å²) in [7, 11) is 1.58. The molecule has 0 saturated heterocycles. The summed E-state index contributed by atoms with van der Waals surface area (Å²) < 4.78 is 11.9. The summed E-state index contributed by atoms with van der Waals surface area (Å²) in [6.45, 7) is 0.698. The van der Waals surface area contributed by atoms with Crippen molar-refractivity contribution in [2.24, 2.45) is 0 Å². The van der Waals surface area contributed by atoms with Gasteiger partial charge in [-0.2, -0.15) is 5.26 Å². The average Bonchev–Trinajstić information content (AvgIpc) is 3.20. The summed E-state index contributed by atoms with van der Waals surface area (Å²) in [5.74, 6) is -0.202. The molecule has 2 aromatic carbocycles. The van der Waals surface area contributed by atoms with Crippen LogP contribution in [0.3, 0.4) is 0 Å². The number of rotatable bonds is 7. The Morgan fingerprint density at radius 3 is 2.84 bits per heavy atom. The lowest BCUT2D eigenvalue weighted by Crippen LogP contribution is -2.18. The predicted octanol–water partition coefficient (Wildman–Crippen LogP) is 4.56. The normalized spacial score (nSPS) is 11.7. The van der Waals surface area contributed by atoms with E-state index < -0.39 is 0 Å². The third kappa shape index (κ3) is 4.24. The van der Waals surface area contributed by atoms with Gasteiger partial charge in [0, 0.05) is 42.0 Å². The van der Waals surface area contributed by atoms with E-state index in [1.165, 1.54) is 0 Å². The molecule has 6 nitrogen and oxygen atoms in total. The molecule has 0 aliphatic carbocycles. The van der Waals surface area contributed by atoms with Crippen molar-refractivity contribution in [1.82, 2.24) is 9.55 Å². The van der Waals surface area contributed by atoms with Crippen LogP contribution in [0.15, 0.2) is 67.1 Å². The van der Waals surface area contributed by atoms with Crippen molar-refractivity contribution in [2.75, 3.05) is 26.9 Å². The average molecular weight is 411 g/mol. The standard InChI is InChI=1S/C25H21N3O3/c1-30-11-12-31-17-25(29)28-16-23(22-7-2-3-8-24(22)28)20(14-26)13-18-5-4-6-19-15-27-10-9-21(18)19/h2-10,13,15-16H,11-12,17H2,1H3/b20-13+. The maximum atomic E-state index is 12.8. The lowest BCUT2D eigenvalue weighted by Gasteiger charge is -2.05. The molecule has 0 saturated carbocycles. The Kier molecular flexibility index (Phi) is 6.18. The van der Waals surface area contributed by atoms with Crippen LogP contribution in [0.1, 0.15) is 15.9 Å². The Labute approximate surface area is 180 Å². The number of aromatic nitrogens is 2. The van der Waals surface area contributed by atoms with Gasteiger partial charge in [0.25, 0.3) is 5.91 Å². The number of nitrogens with zero attached hydrogens (tertiary/aromatic N) is 3. The number of allylic oxidation sites excluding steroid dienone is 1. The summed E-state index contributed by atoms with van der Waals surface area (Å²) in [5.41, 5.74) is 2.84.